The highest BCUT2D eigenvalue weighted by atomic mass is 32.2. The molecule has 152 valence electrons. The maximum atomic E-state index is 12.6. The van der Waals surface area contributed by atoms with Crippen LogP contribution in [0.3, 0.4) is 0 Å². The zero-order chi connectivity index (χ0) is 20.6. The summed E-state index contributed by atoms with van der Waals surface area (Å²) in [5, 5.41) is 1.71. The van der Waals surface area contributed by atoms with Crippen LogP contribution in [-0.4, -0.2) is 73.0 Å². The van der Waals surface area contributed by atoms with E-state index in [1.54, 1.807) is 46.7 Å². The first kappa shape index (κ1) is 19.7. The van der Waals surface area contributed by atoms with Gasteiger partial charge in [0, 0.05) is 39.1 Å². The number of nitrogens with zero attached hydrogens (tertiary/aromatic N) is 3. The lowest BCUT2D eigenvalue weighted by Crippen LogP contribution is -2.50. The van der Waals surface area contributed by atoms with Crippen molar-refractivity contribution in [2.45, 2.75) is 10.6 Å². The molecule has 0 radical (unpaired) electrons. The maximum absolute atomic E-state index is 12.6. The zero-order valence-corrected chi connectivity index (χ0v) is 17.1. The molecule has 2 aliphatic heterocycles. The molecule has 0 N–H and O–H groups in total. The SMILES string of the molecule is O=C(CCN1C(=O)c2ccccc2C1=O)N1CCN(S(=O)(=O)c2cccs2)CC1. The molecule has 2 aliphatic rings. The summed E-state index contributed by atoms with van der Waals surface area (Å²) in [6.07, 6.45) is 0.0170. The van der Waals surface area contributed by atoms with Gasteiger partial charge in [0.2, 0.25) is 5.91 Å². The number of imide groups is 1. The minimum Gasteiger partial charge on any atom is -0.340 e. The summed E-state index contributed by atoms with van der Waals surface area (Å²) in [6.45, 7) is 1.02. The molecule has 3 amide bonds. The van der Waals surface area contributed by atoms with Gasteiger partial charge in [-0.3, -0.25) is 19.3 Å². The van der Waals surface area contributed by atoms with Crippen LogP contribution in [0.1, 0.15) is 27.1 Å². The van der Waals surface area contributed by atoms with Crippen molar-refractivity contribution in [3.63, 3.8) is 0 Å². The van der Waals surface area contributed by atoms with E-state index in [0.29, 0.717) is 15.3 Å². The monoisotopic (exact) mass is 433 g/mol. The lowest BCUT2D eigenvalue weighted by molar-refractivity contribution is -0.132. The van der Waals surface area contributed by atoms with Crippen molar-refractivity contribution < 1.29 is 22.8 Å². The molecule has 1 saturated heterocycles. The van der Waals surface area contributed by atoms with Crippen molar-refractivity contribution in [2.75, 3.05) is 32.7 Å². The van der Waals surface area contributed by atoms with Gasteiger partial charge in [-0.2, -0.15) is 4.31 Å². The summed E-state index contributed by atoms with van der Waals surface area (Å²) < 4.78 is 26.8. The molecule has 0 aliphatic carbocycles. The fourth-order valence-corrected chi connectivity index (χ4v) is 6.09. The van der Waals surface area contributed by atoms with Gasteiger partial charge >= 0.3 is 0 Å². The zero-order valence-electron chi connectivity index (χ0n) is 15.5. The largest absolute Gasteiger partial charge is 0.340 e. The number of amides is 3. The molecule has 8 nitrogen and oxygen atoms in total. The van der Waals surface area contributed by atoms with Gasteiger partial charge in [-0.15, -0.1) is 11.3 Å². The minimum atomic E-state index is -3.52. The Morgan fingerprint density at radius 2 is 1.55 bits per heavy atom. The van der Waals surface area contributed by atoms with Gasteiger partial charge < -0.3 is 4.90 Å². The summed E-state index contributed by atoms with van der Waals surface area (Å²) in [5.41, 5.74) is 0.717. The Hall–Kier alpha value is -2.56. The number of carbonyl (C=O) groups excluding carboxylic acids is 3. The van der Waals surface area contributed by atoms with Crippen molar-refractivity contribution in [1.82, 2.24) is 14.1 Å². The molecular weight excluding hydrogens is 414 g/mol. The molecule has 1 aromatic carbocycles. The predicted molar refractivity (Wildman–Crippen MR) is 106 cm³/mol. The van der Waals surface area contributed by atoms with Crippen LogP contribution in [0.2, 0.25) is 0 Å². The first-order valence-corrected chi connectivity index (χ1v) is 11.5. The summed E-state index contributed by atoms with van der Waals surface area (Å²) in [4.78, 5) is 40.0. The van der Waals surface area contributed by atoms with Crippen molar-refractivity contribution in [1.29, 1.82) is 0 Å². The van der Waals surface area contributed by atoms with E-state index in [0.717, 1.165) is 4.90 Å². The van der Waals surface area contributed by atoms with E-state index >= 15 is 0 Å². The van der Waals surface area contributed by atoms with Crippen LogP contribution in [0.4, 0.5) is 0 Å². The quantitative estimate of drug-likeness (QED) is 0.662. The summed E-state index contributed by atoms with van der Waals surface area (Å²) in [7, 11) is -3.52. The van der Waals surface area contributed by atoms with Crippen molar-refractivity contribution >= 4 is 39.1 Å². The third kappa shape index (κ3) is 3.59. The molecule has 10 heteroatoms. The molecule has 0 atom stereocenters. The Bertz CT molecular complexity index is 1020. The van der Waals surface area contributed by atoms with Crippen LogP contribution in [0, 0.1) is 0 Å². The van der Waals surface area contributed by atoms with Gasteiger partial charge in [-0.05, 0) is 23.6 Å². The average molecular weight is 434 g/mol. The predicted octanol–water partition coefficient (Wildman–Crippen LogP) is 1.27. The van der Waals surface area contributed by atoms with Gasteiger partial charge in [-0.25, -0.2) is 8.42 Å². The number of thiophene rings is 1. The van der Waals surface area contributed by atoms with Crippen LogP contribution < -0.4 is 0 Å². The van der Waals surface area contributed by atoms with E-state index in [9.17, 15) is 22.8 Å². The van der Waals surface area contributed by atoms with Gasteiger partial charge in [0.25, 0.3) is 21.8 Å². The van der Waals surface area contributed by atoms with Crippen molar-refractivity contribution in [2.24, 2.45) is 0 Å². The molecule has 0 unspecified atom stereocenters. The standard InChI is InChI=1S/C19H19N3O5S2/c23-16(7-8-22-18(24)14-4-1-2-5-15(14)19(22)25)20-9-11-21(12-10-20)29(26,27)17-6-3-13-28-17/h1-6,13H,7-12H2. The smallest absolute Gasteiger partial charge is 0.261 e. The molecule has 0 saturated carbocycles. The number of fused-ring (bicyclic) bond motifs is 1. The molecule has 2 aromatic rings. The third-order valence-electron chi connectivity index (χ3n) is 5.11. The first-order chi connectivity index (χ1) is 13.9. The van der Waals surface area contributed by atoms with E-state index in [4.69, 9.17) is 0 Å². The van der Waals surface area contributed by atoms with E-state index < -0.39 is 10.0 Å². The van der Waals surface area contributed by atoms with Crippen molar-refractivity contribution in [3.8, 4) is 0 Å². The highest BCUT2D eigenvalue weighted by Gasteiger charge is 2.36. The van der Waals surface area contributed by atoms with E-state index in [-0.39, 0.29) is 56.9 Å². The van der Waals surface area contributed by atoms with E-state index in [1.165, 1.54) is 15.6 Å². The summed E-state index contributed by atoms with van der Waals surface area (Å²) in [6, 6.07) is 9.86. The molecule has 0 bridgehead atoms. The fourth-order valence-electron chi connectivity index (χ4n) is 3.52. The molecule has 1 fully saturated rings. The van der Waals surface area contributed by atoms with E-state index in [1.807, 2.05) is 0 Å². The van der Waals surface area contributed by atoms with E-state index in [2.05, 4.69) is 0 Å². The van der Waals surface area contributed by atoms with Gasteiger partial charge in [-0.1, -0.05) is 18.2 Å². The second-order valence-corrected chi connectivity index (χ2v) is 9.89. The average Bonchev–Trinajstić information content (AvgIpc) is 3.36. The van der Waals surface area contributed by atoms with Crippen LogP contribution in [0.5, 0.6) is 0 Å². The molecule has 0 spiro atoms. The Balaban J connectivity index is 1.32. The first-order valence-electron chi connectivity index (χ1n) is 9.16. The van der Waals surface area contributed by atoms with Crippen molar-refractivity contribution in [3.05, 3.63) is 52.9 Å². The Morgan fingerprint density at radius 1 is 0.931 bits per heavy atom. The highest BCUT2D eigenvalue weighted by Crippen LogP contribution is 2.24. The Morgan fingerprint density at radius 3 is 2.10 bits per heavy atom. The topological polar surface area (TPSA) is 95.1 Å². The number of piperazine rings is 1. The summed E-state index contributed by atoms with van der Waals surface area (Å²) >= 11 is 1.17. The normalized spacial score (nSPS) is 17.7. The number of rotatable bonds is 5. The Kier molecular flexibility index (Phi) is 5.24. The molecule has 29 heavy (non-hydrogen) atoms. The van der Waals surface area contributed by atoms with Gasteiger partial charge in [0.15, 0.2) is 0 Å². The van der Waals surface area contributed by atoms with Crippen LogP contribution in [0.25, 0.3) is 0 Å². The molecular formula is C19H19N3O5S2. The van der Waals surface area contributed by atoms with Gasteiger partial charge in [0.1, 0.15) is 4.21 Å². The number of carbonyl (C=O) groups is 3. The lowest BCUT2D eigenvalue weighted by atomic mass is 10.1. The third-order valence-corrected chi connectivity index (χ3v) is 8.38. The summed E-state index contributed by atoms with van der Waals surface area (Å²) in [5.74, 6) is -0.967. The molecule has 4 rings (SSSR count). The number of sulfonamides is 1. The molecule has 1 aromatic heterocycles. The highest BCUT2D eigenvalue weighted by molar-refractivity contribution is 7.91. The lowest BCUT2D eigenvalue weighted by Gasteiger charge is -2.34. The molecule has 3 heterocycles. The van der Waals surface area contributed by atoms with Crippen LogP contribution in [0.15, 0.2) is 46.0 Å². The van der Waals surface area contributed by atoms with Gasteiger partial charge in [0.05, 0.1) is 11.1 Å². The van der Waals surface area contributed by atoms with Crippen LogP contribution >= 0.6 is 11.3 Å². The second-order valence-electron chi connectivity index (χ2n) is 6.77. The number of hydrogen-bond donors (Lipinski definition) is 0. The van der Waals surface area contributed by atoms with Crippen LogP contribution in [-0.2, 0) is 14.8 Å². The number of benzene rings is 1. The number of hydrogen-bond acceptors (Lipinski definition) is 6. The maximum Gasteiger partial charge on any atom is 0.261 e. The minimum absolute atomic E-state index is 0.0128. The Labute approximate surface area is 172 Å². The fraction of sp³-hybridized carbons (Fsp3) is 0.316. The second kappa shape index (κ2) is 7.69.